The molecule has 264 valence electrons. The highest BCUT2D eigenvalue weighted by molar-refractivity contribution is 5.95. The maximum Gasteiger partial charge on any atom is 0.490 e. The highest BCUT2D eigenvalue weighted by atomic mass is 19.4. The van der Waals surface area contributed by atoms with Gasteiger partial charge in [-0.25, -0.2) is 19.0 Å². The van der Waals surface area contributed by atoms with Crippen molar-refractivity contribution in [3.8, 4) is 11.5 Å². The molecule has 0 bridgehead atoms. The molecule has 0 aliphatic rings. The van der Waals surface area contributed by atoms with Gasteiger partial charge < -0.3 is 35.2 Å². The fourth-order valence-corrected chi connectivity index (χ4v) is 3.44. The number of hydrogen-bond acceptors (Lipinski definition) is 8. The summed E-state index contributed by atoms with van der Waals surface area (Å²) in [5, 5.41) is 21.9. The number of carboxylic acid groups (broad SMARTS) is 2. The van der Waals surface area contributed by atoms with E-state index >= 15 is 4.39 Å². The number of anilines is 3. The van der Waals surface area contributed by atoms with Crippen LogP contribution in [-0.4, -0.2) is 72.1 Å². The van der Waals surface area contributed by atoms with Crippen molar-refractivity contribution in [2.24, 2.45) is 5.73 Å². The third-order valence-electron chi connectivity index (χ3n) is 5.52. The average Bonchev–Trinajstić information content (AvgIpc) is 2.97. The maximum atomic E-state index is 15.5. The lowest BCUT2D eigenvalue weighted by molar-refractivity contribution is -0.193. The number of carboxylic acids is 2. The molecule has 18 heteroatoms. The van der Waals surface area contributed by atoms with Crippen molar-refractivity contribution in [3.63, 3.8) is 0 Å². The molecule has 1 aromatic heterocycles. The Labute approximate surface area is 270 Å². The Morgan fingerprint density at radius 2 is 1.44 bits per heavy atom. The van der Waals surface area contributed by atoms with Crippen LogP contribution in [0.25, 0.3) is 0 Å². The van der Waals surface area contributed by atoms with Gasteiger partial charge in [0.15, 0.2) is 11.6 Å². The minimum Gasteiger partial charge on any atom is -0.494 e. The summed E-state index contributed by atoms with van der Waals surface area (Å²) in [6.45, 7) is 6.23. The number of carbonyl (C=O) groups is 2. The molecule has 0 atom stereocenters. The van der Waals surface area contributed by atoms with E-state index in [4.69, 9.17) is 45.4 Å². The van der Waals surface area contributed by atoms with Crippen LogP contribution < -0.4 is 25.0 Å². The maximum absolute atomic E-state index is 15.5. The quantitative estimate of drug-likeness (QED) is 0.107. The van der Waals surface area contributed by atoms with Gasteiger partial charge in [0.25, 0.3) is 0 Å². The van der Waals surface area contributed by atoms with Crippen LogP contribution in [0.2, 0.25) is 0 Å². The summed E-state index contributed by atoms with van der Waals surface area (Å²) in [7, 11) is 3.83. The Kier molecular flexibility index (Phi) is 14.9. The molecule has 0 aliphatic heterocycles. The van der Waals surface area contributed by atoms with Crippen molar-refractivity contribution in [1.29, 1.82) is 5.41 Å². The molecule has 0 radical (unpaired) electrons. The Balaban J connectivity index is 0.000000687. The average molecular weight is 694 g/mol. The van der Waals surface area contributed by atoms with Crippen LogP contribution in [-0.2, 0) is 16.1 Å². The number of rotatable bonds is 10. The molecule has 48 heavy (non-hydrogen) atoms. The first-order chi connectivity index (χ1) is 22.1. The summed E-state index contributed by atoms with van der Waals surface area (Å²) in [6, 6.07) is 16.2. The van der Waals surface area contributed by atoms with Gasteiger partial charge >= 0.3 is 24.3 Å². The zero-order chi connectivity index (χ0) is 37.0. The molecule has 0 spiro atoms. The van der Waals surface area contributed by atoms with Crippen molar-refractivity contribution in [2.45, 2.75) is 45.8 Å². The second-order valence-corrected chi connectivity index (χ2v) is 9.90. The number of halogens is 7. The number of amidine groups is 1. The van der Waals surface area contributed by atoms with Crippen LogP contribution >= 0.6 is 0 Å². The van der Waals surface area contributed by atoms with Crippen molar-refractivity contribution in [1.82, 2.24) is 4.98 Å². The van der Waals surface area contributed by atoms with Crippen LogP contribution in [0.3, 0.4) is 0 Å². The van der Waals surface area contributed by atoms with Crippen LogP contribution in [0.15, 0.2) is 54.6 Å². The predicted molar refractivity (Wildman–Crippen MR) is 163 cm³/mol. The van der Waals surface area contributed by atoms with Crippen molar-refractivity contribution < 1.29 is 60.0 Å². The highest BCUT2D eigenvalue weighted by Crippen LogP contribution is 2.33. The Morgan fingerprint density at radius 3 is 1.85 bits per heavy atom. The molecule has 0 amide bonds. The number of nitrogens with zero attached hydrogens (tertiary/aromatic N) is 3. The lowest BCUT2D eigenvalue weighted by Crippen LogP contribution is -2.21. The minimum absolute atomic E-state index is 0.0169. The number of nitrogens with two attached hydrogens (primary N) is 1. The topological polar surface area (TPSA) is 162 Å². The molecule has 11 nitrogen and oxygen atoms in total. The van der Waals surface area contributed by atoms with Crippen LogP contribution in [0, 0.1) is 11.2 Å². The third kappa shape index (κ3) is 13.2. The zero-order valence-corrected chi connectivity index (χ0v) is 26.3. The SMILES string of the molecule is CCOc1cc(CN(c2ccc(C(=N)N)cc2)c2cccc(N(C)C)n2)c(F)c(OC(C)C)c1.O=C(O)C(F)(F)F.O=C(O)C(F)(F)F. The van der Waals surface area contributed by atoms with E-state index < -0.39 is 30.1 Å². The van der Waals surface area contributed by atoms with Gasteiger partial charge in [-0.05, 0) is 63.2 Å². The number of aromatic nitrogens is 1. The van der Waals surface area contributed by atoms with Crippen molar-refractivity contribution >= 4 is 35.1 Å². The second-order valence-electron chi connectivity index (χ2n) is 9.90. The van der Waals surface area contributed by atoms with E-state index in [2.05, 4.69) is 0 Å². The van der Waals surface area contributed by atoms with Crippen molar-refractivity contribution in [3.05, 3.63) is 71.5 Å². The van der Waals surface area contributed by atoms with Gasteiger partial charge in [-0.3, -0.25) is 5.41 Å². The molecule has 2 aromatic carbocycles. The van der Waals surface area contributed by atoms with Gasteiger partial charge in [-0.15, -0.1) is 0 Å². The fourth-order valence-electron chi connectivity index (χ4n) is 3.44. The van der Waals surface area contributed by atoms with E-state index in [9.17, 15) is 26.3 Å². The molecule has 0 saturated heterocycles. The number of nitrogens with one attached hydrogen (secondary N) is 1. The molecule has 5 N–H and O–H groups in total. The summed E-state index contributed by atoms with van der Waals surface area (Å²) in [6.07, 6.45) is -10.4. The Bertz CT molecular complexity index is 1510. The van der Waals surface area contributed by atoms with E-state index in [0.29, 0.717) is 29.3 Å². The number of alkyl halides is 6. The molecule has 0 fully saturated rings. The molecule has 1 heterocycles. The predicted octanol–water partition coefficient (Wildman–Crippen LogP) is 6.36. The third-order valence-corrected chi connectivity index (χ3v) is 5.52. The highest BCUT2D eigenvalue weighted by Gasteiger charge is 2.38. The summed E-state index contributed by atoms with van der Waals surface area (Å²) in [5.41, 5.74) is 7.42. The molecule has 0 saturated carbocycles. The van der Waals surface area contributed by atoms with Crippen LogP contribution in [0.4, 0.5) is 48.1 Å². The van der Waals surface area contributed by atoms with E-state index in [1.807, 2.05) is 75.0 Å². The molecular formula is C30H34F7N5O6. The first-order valence-electron chi connectivity index (χ1n) is 13.7. The van der Waals surface area contributed by atoms with Crippen LogP contribution in [0.1, 0.15) is 31.9 Å². The van der Waals surface area contributed by atoms with E-state index in [0.717, 1.165) is 11.5 Å². The Morgan fingerprint density at radius 1 is 0.938 bits per heavy atom. The molecule has 3 rings (SSSR count). The molecule has 0 unspecified atom stereocenters. The summed E-state index contributed by atoms with van der Waals surface area (Å²) < 4.78 is 90.4. The smallest absolute Gasteiger partial charge is 0.490 e. The number of nitrogen functional groups attached to an aromatic ring is 1. The number of pyridine rings is 1. The van der Waals surface area contributed by atoms with Gasteiger partial charge in [-0.1, -0.05) is 6.07 Å². The van der Waals surface area contributed by atoms with Crippen molar-refractivity contribution in [2.75, 3.05) is 30.5 Å². The first-order valence-corrected chi connectivity index (χ1v) is 13.7. The summed E-state index contributed by atoms with van der Waals surface area (Å²) in [4.78, 5) is 26.4. The summed E-state index contributed by atoms with van der Waals surface area (Å²) >= 11 is 0. The lowest BCUT2D eigenvalue weighted by atomic mass is 10.1. The van der Waals surface area contributed by atoms with E-state index in [1.54, 1.807) is 24.3 Å². The number of ether oxygens (including phenoxy) is 2. The van der Waals surface area contributed by atoms with Crippen LogP contribution in [0.5, 0.6) is 11.5 Å². The molecule has 3 aromatic rings. The number of aliphatic carboxylic acids is 2. The lowest BCUT2D eigenvalue weighted by Gasteiger charge is -2.26. The van der Waals surface area contributed by atoms with Gasteiger partial charge in [0, 0.05) is 37.0 Å². The number of hydrogen-bond donors (Lipinski definition) is 4. The minimum atomic E-state index is -5.08. The normalized spacial score (nSPS) is 10.9. The second kappa shape index (κ2) is 17.6. The molecule has 0 aliphatic carbocycles. The van der Waals surface area contributed by atoms with E-state index in [-0.39, 0.29) is 24.2 Å². The largest absolute Gasteiger partial charge is 0.494 e. The van der Waals surface area contributed by atoms with Gasteiger partial charge in [-0.2, -0.15) is 26.3 Å². The van der Waals surface area contributed by atoms with Gasteiger partial charge in [0.05, 0.1) is 19.3 Å². The monoisotopic (exact) mass is 693 g/mol. The Hall–Kier alpha value is -5.29. The standard InChI is InChI=1S/C26H32FN5O2.2C2HF3O2/c1-6-33-21-14-19(25(27)22(15-21)34-17(2)3)16-32(20-12-10-18(11-13-20)26(28)29)24-9-7-8-23(30-24)31(4)5;2*3-2(4,5)1(6)7/h7-15,17H,6,16H2,1-5H3,(H3,28,29);2*(H,6,7). The van der Waals surface area contributed by atoms with Gasteiger partial charge in [0.2, 0.25) is 0 Å². The summed E-state index contributed by atoms with van der Waals surface area (Å²) in [5.74, 6) is -3.86. The zero-order valence-electron chi connectivity index (χ0n) is 26.3. The number of benzene rings is 2. The van der Waals surface area contributed by atoms with E-state index in [1.165, 1.54) is 0 Å². The van der Waals surface area contributed by atoms with Gasteiger partial charge in [0.1, 0.15) is 23.2 Å². The fraction of sp³-hybridized carbons (Fsp3) is 0.333. The molecular weight excluding hydrogens is 659 g/mol. The first kappa shape index (κ1) is 40.7.